The fourth-order valence-electron chi connectivity index (χ4n) is 2.35. The molecule has 1 aliphatic rings. The van der Waals surface area contributed by atoms with Gasteiger partial charge in [0, 0.05) is 31.2 Å². The van der Waals surface area contributed by atoms with E-state index >= 15 is 0 Å². The summed E-state index contributed by atoms with van der Waals surface area (Å²) >= 11 is 0. The topological polar surface area (TPSA) is 33.3 Å². The highest BCUT2D eigenvalue weighted by Crippen LogP contribution is 2.42. The summed E-state index contributed by atoms with van der Waals surface area (Å²) in [5.74, 6) is 0. The minimum absolute atomic E-state index is 0.292. The molecule has 2 atom stereocenters. The molecule has 0 radical (unpaired) electrons. The van der Waals surface area contributed by atoms with Crippen molar-refractivity contribution in [1.29, 1.82) is 0 Å². The largest absolute Gasteiger partial charge is 0.378 e. The van der Waals surface area contributed by atoms with Crippen LogP contribution in [-0.2, 0) is 4.74 Å². The summed E-state index contributed by atoms with van der Waals surface area (Å²) in [4.78, 5) is 0. The van der Waals surface area contributed by atoms with E-state index in [2.05, 4.69) is 38.3 Å². The lowest BCUT2D eigenvalue weighted by atomic mass is 9.64. The average Bonchev–Trinajstić information content (AvgIpc) is 2.26. The normalized spacial score (nSPS) is 27.8. The molecule has 0 aromatic rings. The third-order valence-corrected chi connectivity index (χ3v) is 3.66. The van der Waals surface area contributed by atoms with E-state index in [0.29, 0.717) is 17.6 Å². The van der Waals surface area contributed by atoms with Crippen LogP contribution in [0.15, 0.2) is 0 Å². The quantitative estimate of drug-likeness (QED) is 0.621. The molecular weight excluding hydrogens is 200 g/mol. The molecule has 0 aromatic carbocycles. The van der Waals surface area contributed by atoms with Crippen molar-refractivity contribution in [3.63, 3.8) is 0 Å². The van der Waals surface area contributed by atoms with Crippen LogP contribution in [0, 0.1) is 5.41 Å². The number of ether oxygens (including phenoxy) is 1. The second kappa shape index (κ2) is 6.58. The van der Waals surface area contributed by atoms with Crippen LogP contribution >= 0.6 is 0 Å². The minimum atomic E-state index is 0.292. The molecule has 0 bridgehead atoms. The van der Waals surface area contributed by atoms with Crippen molar-refractivity contribution in [2.75, 3.05) is 26.2 Å². The molecule has 1 rings (SSSR count). The third kappa shape index (κ3) is 3.44. The first-order valence-corrected chi connectivity index (χ1v) is 6.68. The second-order valence-corrected chi connectivity index (χ2v) is 5.26. The summed E-state index contributed by atoms with van der Waals surface area (Å²) in [6.07, 6.45) is 2.81. The fraction of sp³-hybridized carbons (Fsp3) is 1.00. The SMILES string of the molecule is CCCNCCNC1CC(OCC)C1(C)C. The zero-order chi connectivity index (χ0) is 12.0. The molecular formula is C13H28N2O. The van der Waals surface area contributed by atoms with Gasteiger partial charge in [-0.2, -0.15) is 0 Å². The van der Waals surface area contributed by atoms with Gasteiger partial charge in [0.2, 0.25) is 0 Å². The summed E-state index contributed by atoms with van der Waals surface area (Å²) in [7, 11) is 0. The van der Waals surface area contributed by atoms with Crippen LogP contribution < -0.4 is 10.6 Å². The van der Waals surface area contributed by atoms with Gasteiger partial charge < -0.3 is 15.4 Å². The lowest BCUT2D eigenvalue weighted by molar-refractivity contribution is -0.113. The van der Waals surface area contributed by atoms with Crippen molar-refractivity contribution < 1.29 is 4.74 Å². The summed E-state index contributed by atoms with van der Waals surface area (Å²) in [5.41, 5.74) is 0.292. The number of hydrogen-bond acceptors (Lipinski definition) is 3. The van der Waals surface area contributed by atoms with E-state index in [1.807, 2.05) is 0 Å². The monoisotopic (exact) mass is 228 g/mol. The van der Waals surface area contributed by atoms with Crippen LogP contribution in [0.4, 0.5) is 0 Å². The van der Waals surface area contributed by atoms with Crippen molar-refractivity contribution >= 4 is 0 Å². The second-order valence-electron chi connectivity index (χ2n) is 5.26. The molecule has 0 saturated heterocycles. The molecule has 2 N–H and O–H groups in total. The maximum absolute atomic E-state index is 5.71. The highest BCUT2D eigenvalue weighted by Gasteiger charge is 2.48. The molecule has 1 saturated carbocycles. The lowest BCUT2D eigenvalue weighted by Crippen LogP contribution is -2.61. The van der Waals surface area contributed by atoms with Gasteiger partial charge >= 0.3 is 0 Å². The minimum Gasteiger partial charge on any atom is -0.378 e. The van der Waals surface area contributed by atoms with Crippen LogP contribution in [0.5, 0.6) is 0 Å². The summed E-state index contributed by atoms with van der Waals surface area (Å²) in [6, 6.07) is 0.618. The lowest BCUT2D eigenvalue weighted by Gasteiger charge is -2.52. The van der Waals surface area contributed by atoms with Crippen LogP contribution in [0.1, 0.15) is 40.5 Å². The van der Waals surface area contributed by atoms with Gasteiger partial charge in [-0.3, -0.25) is 0 Å². The number of hydrogen-bond donors (Lipinski definition) is 2. The standard InChI is InChI=1S/C13H28N2O/c1-5-7-14-8-9-15-11-10-12(16-6-2)13(11,3)4/h11-12,14-15H,5-10H2,1-4H3. The van der Waals surface area contributed by atoms with Crippen molar-refractivity contribution in [2.45, 2.75) is 52.7 Å². The van der Waals surface area contributed by atoms with Crippen LogP contribution in [0.2, 0.25) is 0 Å². The summed E-state index contributed by atoms with van der Waals surface area (Å²) < 4.78 is 5.71. The molecule has 3 heteroatoms. The Morgan fingerprint density at radius 3 is 2.50 bits per heavy atom. The molecule has 0 amide bonds. The number of nitrogens with one attached hydrogen (secondary N) is 2. The van der Waals surface area contributed by atoms with Gasteiger partial charge in [-0.15, -0.1) is 0 Å². The first-order valence-electron chi connectivity index (χ1n) is 6.68. The van der Waals surface area contributed by atoms with Crippen molar-refractivity contribution in [3.8, 4) is 0 Å². The predicted octanol–water partition coefficient (Wildman–Crippen LogP) is 1.78. The Kier molecular flexibility index (Phi) is 5.73. The zero-order valence-corrected chi connectivity index (χ0v) is 11.3. The van der Waals surface area contributed by atoms with Gasteiger partial charge in [0.15, 0.2) is 0 Å². The Balaban J connectivity index is 2.11. The molecule has 0 aromatic heterocycles. The highest BCUT2D eigenvalue weighted by atomic mass is 16.5. The van der Waals surface area contributed by atoms with Gasteiger partial charge in [-0.05, 0) is 26.3 Å². The summed E-state index contributed by atoms with van der Waals surface area (Å²) in [5, 5.41) is 7.02. The number of rotatable bonds is 8. The average molecular weight is 228 g/mol. The zero-order valence-electron chi connectivity index (χ0n) is 11.3. The van der Waals surface area contributed by atoms with Crippen molar-refractivity contribution in [1.82, 2.24) is 10.6 Å². The Morgan fingerprint density at radius 2 is 1.94 bits per heavy atom. The van der Waals surface area contributed by atoms with Gasteiger partial charge in [0.25, 0.3) is 0 Å². The van der Waals surface area contributed by atoms with E-state index < -0.39 is 0 Å². The first-order chi connectivity index (χ1) is 7.62. The summed E-state index contributed by atoms with van der Waals surface area (Å²) in [6.45, 7) is 13.0. The molecule has 96 valence electrons. The first kappa shape index (κ1) is 13.9. The van der Waals surface area contributed by atoms with E-state index in [0.717, 1.165) is 32.7 Å². The van der Waals surface area contributed by atoms with E-state index in [-0.39, 0.29) is 0 Å². The molecule has 1 aliphatic carbocycles. The van der Waals surface area contributed by atoms with Crippen LogP contribution in [0.25, 0.3) is 0 Å². The molecule has 16 heavy (non-hydrogen) atoms. The maximum atomic E-state index is 5.71. The molecule has 1 fully saturated rings. The Morgan fingerprint density at radius 1 is 1.19 bits per heavy atom. The Hall–Kier alpha value is -0.120. The molecule has 2 unspecified atom stereocenters. The predicted molar refractivity (Wildman–Crippen MR) is 68.8 cm³/mol. The molecule has 0 heterocycles. The van der Waals surface area contributed by atoms with Gasteiger partial charge in [0.05, 0.1) is 6.10 Å². The van der Waals surface area contributed by atoms with Gasteiger partial charge in [-0.1, -0.05) is 20.8 Å². The van der Waals surface area contributed by atoms with Gasteiger partial charge in [0.1, 0.15) is 0 Å². The van der Waals surface area contributed by atoms with Crippen molar-refractivity contribution in [2.24, 2.45) is 5.41 Å². The maximum Gasteiger partial charge on any atom is 0.0655 e. The van der Waals surface area contributed by atoms with Crippen LogP contribution in [-0.4, -0.2) is 38.4 Å². The Bertz CT molecular complexity index is 194. The Labute approximate surface area is 100 Å². The smallest absolute Gasteiger partial charge is 0.0655 e. The third-order valence-electron chi connectivity index (χ3n) is 3.66. The molecule has 0 spiro atoms. The van der Waals surface area contributed by atoms with E-state index in [1.165, 1.54) is 6.42 Å². The van der Waals surface area contributed by atoms with E-state index in [9.17, 15) is 0 Å². The molecule has 3 nitrogen and oxygen atoms in total. The fourth-order valence-corrected chi connectivity index (χ4v) is 2.35. The van der Waals surface area contributed by atoms with Crippen molar-refractivity contribution in [3.05, 3.63) is 0 Å². The highest BCUT2D eigenvalue weighted by molar-refractivity contribution is 5.02. The van der Waals surface area contributed by atoms with E-state index in [4.69, 9.17) is 4.74 Å². The van der Waals surface area contributed by atoms with Crippen LogP contribution in [0.3, 0.4) is 0 Å². The molecule has 0 aliphatic heterocycles. The van der Waals surface area contributed by atoms with E-state index in [1.54, 1.807) is 0 Å². The van der Waals surface area contributed by atoms with Gasteiger partial charge in [-0.25, -0.2) is 0 Å².